The van der Waals surface area contributed by atoms with Gasteiger partial charge in [-0.2, -0.15) is 0 Å². The number of nitrogens with zero attached hydrogens (tertiary/aromatic N) is 2. The van der Waals surface area contributed by atoms with Crippen molar-refractivity contribution < 1.29 is 39.7 Å². The first-order valence-electron chi connectivity index (χ1n) is 6.24. The van der Waals surface area contributed by atoms with Crippen LogP contribution in [0.5, 0.6) is 23.5 Å². The van der Waals surface area contributed by atoms with Gasteiger partial charge in [-0.25, -0.2) is 9.59 Å². The summed E-state index contributed by atoms with van der Waals surface area (Å²) in [6.07, 6.45) is 0. The average Bonchev–Trinajstić information content (AvgIpc) is 3.01. The molecule has 0 fully saturated rings. The minimum Gasteiger partial charge on any atom is -0.492 e. The first-order chi connectivity index (χ1) is 11.4. The van der Waals surface area contributed by atoms with E-state index in [1.807, 2.05) is 0 Å². The van der Waals surface area contributed by atoms with Gasteiger partial charge in [0.25, 0.3) is 0 Å². The van der Waals surface area contributed by atoms with Crippen molar-refractivity contribution in [3.63, 3.8) is 0 Å². The smallest absolute Gasteiger partial charge is 0.343 e. The quantitative estimate of drug-likeness (QED) is 0.388. The van der Waals surface area contributed by atoms with E-state index in [0.717, 1.165) is 45.9 Å². The summed E-state index contributed by atoms with van der Waals surface area (Å²) in [5.41, 5.74) is 0. The molecule has 24 heavy (non-hydrogen) atoms. The summed E-state index contributed by atoms with van der Waals surface area (Å²) in [7, 11) is 1.95. The third kappa shape index (κ3) is 4.45. The first-order valence-corrected chi connectivity index (χ1v) is 8.73. The summed E-state index contributed by atoms with van der Waals surface area (Å²) in [6.45, 7) is 0. The van der Waals surface area contributed by atoms with E-state index in [2.05, 4.69) is 0 Å². The molecule has 2 heterocycles. The van der Waals surface area contributed by atoms with Crippen molar-refractivity contribution >= 4 is 33.5 Å². The van der Waals surface area contributed by atoms with E-state index in [0.29, 0.717) is 9.46 Å². The predicted octanol–water partition coefficient (Wildman–Crippen LogP) is 0.104. The molecule has 2 aromatic heterocycles. The van der Waals surface area contributed by atoms with E-state index < -0.39 is 35.5 Å². The second kappa shape index (κ2) is 7.79. The predicted molar refractivity (Wildman–Crippen MR) is 83.6 cm³/mol. The van der Waals surface area contributed by atoms with Crippen molar-refractivity contribution in [2.75, 3.05) is 11.5 Å². The maximum atomic E-state index is 11.5. The standard InChI is InChI=1S/C12H12N2O8S2/c15-7-1-2-8(16)13(7)21-11(19)5-23-24-6-12(20)22-14-9(17)3-4-10(14)18/h1-4,15-18H,5-6H2. The maximum Gasteiger partial charge on any atom is 0.343 e. The highest BCUT2D eigenvalue weighted by atomic mass is 33.1. The van der Waals surface area contributed by atoms with E-state index in [-0.39, 0.29) is 11.5 Å². The van der Waals surface area contributed by atoms with Crippen LogP contribution in [0.15, 0.2) is 24.3 Å². The Kier molecular flexibility index (Phi) is 5.76. The van der Waals surface area contributed by atoms with E-state index in [9.17, 15) is 30.0 Å². The summed E-state index contributed by atoms with van der Waals surface area (Å²) in [5, 5.41) is 37.2. The molecular formula is C12H12N2O8S2. The molecule has 0 spiro atoms. The summed E-state index contributed by atoms with van der Waals surface area (Å²) < 4.78 is 1.11. The Morgan fingerprint density at radius 2 is 1.04 bits per heavy atom. The monoisotopic (exact) mass is 376 g/mol. The highest BCUT2D eigenvalue weighted by Gasteiger charge is 2.15. The van der Waals surface area contributed by atoms with Crippen molar-refractivity contribution in [2.24, 2.45) is 0 Å². The van der Waals surface area contributed by atoms with Gasteiger partial charge in [-0.05, 0) is 0 Å². The van der Waals surface area contributed by atoms with Crippen molar-refractivity contribution in [3.8, 4) is 23.5 Å². The molecule has 130 valence electrons. The SMILES string of the molecule is O=C(CSSCC(=O)On1c(O)ccc1O)On1c(O)ccc1O. The van der Waals surface area contributed by atoms with Crippen LogP contribution in [0, 0.1) is 0 Å². The zero-order valence-corrected chi connectivity index (χ0v) is 13.5. The second-order valence-corrected chi connectivity index (χ2v) is 6.60. The third-order valence-electron chi connectivity index (χ3n) is 2.42. The lowest BCUT2D eigenvalue weighted by molar-refractivity contribution is -0.143. The normalized spacial score (nSPS) is 10.5. The van der Waals surface area contributed by atoms with Crippen molar-refractivity contribution in [1.82, 2.24) is 9.46 Å². The fourth-order valence-electron chi connectivity index (χ4n) is 1.43. The lowest BCUT2D eigenvalue weighted by atomic mass is 10.6. The molecule has 2 rings (SSSR count). The van der Waals surface area contributed by atoms with Crippen LogP contribution in [-0.2, 0) is 9.59 Å². The Hall–Kier alpha value is -2.60. The molecule has 0 bridgehead atoms. The molecule has 0 unspecified atom stereocenters. The number of aromatic hydroxyl groups is 4. The number of aromatic nitrogens is 2. The number of carbonyl (C=O) groups is 2. The summed E-state index contributed by atoms with van der Waals surface area (Å²) in [5.74, 6) is -3.61. The van der Waals surface area contributed by atoms with Crippen LogP contribution in [0.4, 0.5) is 0 Å². The molecule has 2 aromatic rings. The van der Waals surface area contributed by atoms with Crippen LogP contribution in [0.3, 0.4) is 0 Å². The van der Waals surface area contributed by atoms with Crippen molar-refractivity contribution in [3.05, 3.63) is 24.3 Å². The van der Waals surface area contributed by atoms with Gasteiger partial charge in [0.2, 0.25) is 23.5 Å². The lowest BCUT2D eigenvalue weighted by Crippen LogP contribution is -2.21. The number of hydrogen-bond donors (Lipinski definition) is 4. The van der Waals surface area contributed by atoms with E-state index >= 15 is 0 Å². The molecule has 0 atom stereocenters. The van der Waals surface area contributed by atoms with Gasteiger partial charge in [0.15, 0.2) is 0 Å². The molecule has 0 aliphatic carbocycles. The van der Waals surface area contributed by atoms with E-state index in [1.165, 1.54) is 0 Å². The number of carbonyl (C=O) groups excluding carboxylic acids is 2. The zero-order valence-electron chi connectivity index (χ0n) is 11.9. The molecule has 10 nitrogen and oxygen atoms in total. The Morgan fingerprint density at radius 3 is 1.33 bits per heavy atom. The third-order valence-corrected chi connectivity index (χ3v) is 4.50. The van der Waals surface area contributed by atoms with E-state index in [1.54, 1.807) is 0 Å². The van der Waals surface area contributed by atoms with Crippen LogP contribution in [0.2, 0.25) is 0 Å². The molecule has 12 heteroatoms. The van der Waals surface area contributed by atoms with Gasteiger partial charge in [0.05, 0.1) is 0 Å². The molecule has 0 saturated heterocycles. The number of rotatable bonds is 7. The molecule has 0 aromatic carbocycles. The lowest BCUT2D eigenvalue weighted by Gasteiger charge is -2.07. The fourth-order valence-corrected chi connectivity index (χ4v) is 2.97. The minimum absolute atomic E-state index is 0.172. The van der Waals surface area contributed by atoms with Crippen LogP contribution in [0.25, 0.3) is 0 Å². The maximum absolute atomic E-state index is 11.5. The summed E-state index contributed by atoms with van der Waals surface area (Å²) in [4.78, 5) is 32.4. The molecular weight excluding hydrogens is 364 g/mol. The Balaban J connectivity index is 1.69. The van der Waals surface area contributed by atoms with Crippen molar-refractivity contribution in [2.45, 2.75) is 0 Å². The summed E-state index contributed by atoms with van der Waals surface area (Å²) in [6, 6.07) is 4.58. The highest BCUT2D eigenvalue weighted by molar-refractivity contribution is 8.77. The Morgan fingerprint density at radius 1 is 0.750 bits per heavy atom. The van der Waals surface area contributed by atoms with Gasteiger partial charge < -0.3 is 30.1 Å². The van der Waals surface area contributed by atoms with E-state index in [4.69, 9.17) is 9.68 Å². The number of hydrogen-bond acceptors (Lipinski definition) is 10. The van der Waals surface area contributed by atoms with Gasteiger partial charge in [0, 0.05) is 24.3 Å². The largest absolute Gasteiger partial charge is 0.492 e. The molecule has 0 aliphatic rings. The second-order valence-electron chi connectivity index (χ2n) is 4.14. The fraction of sp³-hybridized carbons (Fsp3) is 0.167. The van der Waals surface area contributed by atoms with Gasteiger partial charge in [-0.3, -0.25) is 0 Å². The van der Waals surface area contributed by atoms with Gasteiger partial charge in [0.1, 0.15) is 11.5 Å². The van der Waals surface area contributed by atoms with Crippen LogP contribution < -0.4 is 9.68 Å². The molecule has 4 N–H and O–H groups in total. The molecule has 0 amide bonds. The Labute approximate surface area is 142 Å². The summed E-state index contributed by atoms with van der Waals surface area (Å²) >= 11 is 0. The van der Waals surface area contributed by atoms with Crippen LogP contribution in [0.1, 0.15) is 0 Å². The van der Waals surface area contributed by atoms with Crippen LogP contribution >= 0.6 is 21.6 Å². The topological polar surface area (TPSA) is 143 Å². The van der Waals surface area contributed by atoms with Gasteiger partial charge in [-0.1, -0.05) is 21.6 Å². The van der Waals surface area contributed by atoms with Crippen LogP contribution in [-0.4, -0.2) is 53.3 Å². The zero-order chi connectivity index (χ0) is 17.7. The molecule has 0 saturated carbocycles. The van der Waals surface area contributed by atoms with Crippen molar-refractivity contribution in [1.29, 1.82) is 0 Å². The first kappa shape index (κ1) is 17.7. The Bertz CT molecular complexity index is 640. The average molecular weight is 376 g/mol. The molecule has 0 radical (unpaired) electrons. The minimum atomic E-state index is -0.761. The molecule has 0 aliphatic heterocycles. The van der Waals surface area contributed by atoms with Gasteiger partial charge >= 0.3 is 11.9 Å². The highest BCUT2D eigenvalue weighted by Crippen LogP contribution is 2.23. The van der Waals surface area contributed by atoms with Gasteiger partial charge in [-0.15, -0.1) is 9.46 Å².